The van der Waals surface area contributed by atoms with Gasteiger partial charge in [-0.2, -0.15) is 0 Å². The van der Waals surface area contributed by atoms with Gasteiger partial charge in [-0.25, -0.2) is 0 Å². The minimum atomic E-state index is 0.508. The van der Waals surface area contributed by atoms with Gasteiger partial charge in [-0.1, -0.05) is 26.0 Å². The number of aromatic nitrogens is 1. The fourth-order valence-corrected chi connectivity index (χ4v) is 1.63. The summed E-state index contributed by atoms with van der Waals surface area (Å²) in [6.07, 6.45) is 1.93. The fraction of sp³-hybridized carbons (Fsp3) is 0.308. The number of rotatable bonds is 2. The number of pyridine rings is 1. The molecule has 0 saturated carbocycles. The van der Waals surface area contributed by atoms with E-state index in [2.05, 4.69) is 31.0 Å². The van der Waals surface area contributed by atoms with Crippen LogP contribution in [0.15, 0.2) is 30.5 Å². The molecule has 0 spiro atoms. The van der Waals surface area contributed by atoms with Gasteiger partial charge in [0, 0.05) is 11.6 Å². The number of methoxy groups -OCH3 is 1. The van der Waals surface area contributed by atoms with Crippen LogP contribution >= 0.6 is 0 Å². The molecule has 0 aliphatic heterocycles. The molecule has 0 amide bonds. The summed E-state index contributed by atoms with van der Waals surface area (Å²) in [6, 6.07) is 8.17. The van der Waals surface area contributed by atoms with Crippen LogP contribution in [0.2, 0.25) is 0 Å². The van der Waals surface area contributed by atoms with E-state index < -0.39 is 0 Å². The second-order valence-corrected chi connectivity index (χ2v) is 3.96. The van der Waals surface area contributed by atoms with E-state index >= 15 is 0 Å². The smallest absolute Gasteiger partial charge is 0.145 e. The van der Waals surface area contributed by atoms with Crippen molar-refractivity contribution < 1.29 is 4.74 Å². The number of nitrogens with zero attached hydrogens (tertiary/aromatic N) is 1. The number of para-hydroxylation sites is 1. The van der Waals surface area contributed by atoms with E-state index in [0.717, 1.165) is 16.7 Å². The van der Waals surface area contributed by atoms with Crippen LogP contribution in [0.25, 0.3) is 10.9 Å². The Kier molecular flexibility index (Phi) is 2.58. The third-order valence-electron chi connectivity index (χ3n) is 2.58. The number of fused-ring (bicyclic) bond motifs is 1. The zero-order valence-electron chi connectivity index (χ0n) is 9.32. The first-order valence-electron chi connectivity index (χ1n) is 5.15. The normalized spacial score (nSPS) is 10.9. The van der Waals surface area contributed by atoms with E-state index in [-0.39, 0.29) is 0 Å². The number of benzene rings is 1. The van der Waals surface area contributed by atoms with Crippen LogP contribution in [0.5, 0.6) is 5.75 Å². The Morgan fingerprint density at radius 2 is 2.07 bits per heavy atom. The zero-order valence-corrected chi connectivity index (χ0v) is 9.32. The molecule has 15 heavy (non-hydrogen) atoms. The number of ether oxygens (including phenoxy) is 1. The van der Waals surface area contributed by atoms with Crippen molar-refractivity contribution >= 4 is 10.9 Å². The molecule has 1 heterocycles. The van der Waals surface area contributed by atoms with E-state index in [4.69, 9.17) is 4.74 Å². The van der Waals surface area contributed by atoms with E-state index in [1.165, 1.54) is 5.56 Å². The van der Waals surface area contributed by atoms with Gasteiger partial charge in [-0.15, -0.1) is 0 Å². The topological polar surface area (TPSA) is 22.1 Å². The predicted molar refractivity (Wildman–Crippen MR) is 62.4 cm³/mol. The standard InChI is InChI=1S/C13H15NO/c1-9(2)11-7-10-5-4-6-12(15-3)13(10)14-8-11/h4-9H,1-3H3. The average molecular weight is 201 g/mol. The number of hydrogen-bond acceptors (Lipinski definition) is 2. The lowest BCUT2D eigenvalue weighted by molar-refractivity contribution is 0.419. The van der Waals surface area contributed by atoms with Crippen molar-refractivity contribution in [2.45, 2.75) is 19.8 Å². The van der Waals surface area contributed by atoms with Crippen molar-refractivity contribution in [1.29, 1.82) is 0 Å². The van der Waals surface area contributed by atoms with Gasteiger partial charge in [0.25, 0.3) is 0 Å². The second kappa shape index (κ2) is 3.89. The van der Waals surface area contributed by atoms with Gasteiger partial charge in [-0.05, 0) is 23.6 Å². The summed E-state index contributed by atoms with van der Waals surface area (Å²) in [4.78, 5) is 4.45. The molecule has 1 aromatic heterocycles. The van der Waals surface area contributed by atoms with E-state index in [1.54, 1.807) is 7.11 Å². The highest BCUT2D eigenvalue weighted by Gasteiger charge is 2.05. The predicted octanol–water partition coefficient (Wildman–Crippen LogP) is 3.37. The number of hydrogen-bond donors (Lipinski definition) is 0. The van der Waals surface area contributed by atoms with Crippen molar-refractivity contribution in [3.8, 4) is 5.75 Å². The lowest BCUT2D eigenvalue weighted by Crippen LogP contribution is -1.92. The maximum absolute atomic E-state index is 5.27. The van der Waals surface area contributed by atoms with Crippen molar-refractivity contribution in [3.05, 3.63) is 36.0 Å². The highest BCUT2D eigenvalue weighted by molar-refractivity contribution is 5.84. The first-order valence-corrected chi connectivity index (χ1v) is 5.15. The molecular weight excluding hydrogens is 186 g/mol. The van der Waals surface area contributed by atoms with Gasteiger partial charge in [-0.3, -0.25) is 4.98 Å². The molecule has 0 saturated heterocycles. The van der Waals surface area contributed by atoms with Gasteiger partial charge in [0.2, 0.25) is 0 Å². The summed E-state index contributed by atoms with van der Waals surface area (Å²) < 4.78 is 5.27. The Bertz CT molecular complexity index is 477. The molecule has 2 nitrogen and oxygen atoms in total. The first kappa shape index (κ1) is 9.97. The highest BCUT2D eigenvalue weighted by atomic mass is 16.5. The first-order chi connectivity index (χ1) is 7.22. The molecule has 0 atom stereocenters. The molecule has 1 aromatic carbocycles. The van der Waals surface area contributed by atoms with E-state index in [1.807, 2.05) is 18.3 Å². The van der Waals surface area contributed by atoms with Gasteiger partial charge in [0.1, 0.15) is 11.3 Å². The van der Waals surface area contributed by atoms with Crippen molar-refractivity contribution in [1.82, 2.24) is 4.98 Å². The molecule has 2 rings (SSSR count). The van der Waals surface area contributed by atoms with Crippen LogP contribution < -0.4 is 4.74 Å². The molecular formula is C13H15NO. The maximum Gasteiger partial charge on any atom is 0.145 e. The monoisotopic (exact) mass is 201 g/mol. The minimum absolute atomic E-state index is 0.508. The van der Waals surface area contributed by atoms with E-state index in [9.17, 15) is 0 Å². The molecule has 2 aromatic rings. The third-order valence-corrected chi connectivity index (χ3v) is 2.58. The summed E-state index contributed by atoms with van der Waals surface area (Å²) in [5.41, 5.74) is 2.19. The Balaban J connectivity index is 2.63. The van der Waals surface area contributed by atoms with Crippen LogP contribution in [-0.2, 0) is 0 Å². The molecule has 2 heteroatoms. The van der Waals surface area contributed by atoms with Crippen LogP contribution in [-0.4, -0.2) is 12.1 Å². The zero-order chi connectivity index (χ0) is 10.8. The Morgan fingerprint density at radius 1 is 1.27 bits per heavy atom. The summed E-state index contributed by atoms with van der Waals surface area (Å²) in [5, 5.41) is 1.14. The Morgan fingerprint density at radius 3 is 2.73 bits per heavy atom. The van der Waals surface area contributed by atoms with Crippen LogP contribution in [0.1, 0.15) is 25.3 Å². The van der Waals surface area contributed by atoms with E-state index in [0.29, 0.717) is 5.92 Å². The summed E-state index contributed by atoms with van der Waals surface area (Å²) in [6.45, 7) is 4.34. The molecule has 0 bridgehead atoms. The van der Waals surface area contributed by atoms with Crippen molar-refractivity contribution in [2.24, 2.45) is 0 Å². The van der Waals surface area contributed by atoms with Crippen molar-refractivity contribution in [2.75, 3.05) is 7.11 Å². The summed E-state index contributed by atoms with van der Waals surface area (Å²) >= 11 is 0. The average Bonchev–Trinajstić information content (AvgIpc) is 2.27. The molecule has 78 valence electrons. The van der Waals surface area contributed by atoms with Crippen LogP contribution in [0, 0.1) is 0 Å². The molecule has 0 unspecified atom stereocenters. The highest BCUT2D eigenvalue weighted by Crippen LogP contribution is 2.25. The van der Waals surface area contributed by atoms with Crippen LogP contribution in [0.4, 0.5) is 0 Å². The molecule has 0 aliphatic rings. The fourth-order valence-electron chi connectivity index (χ4n) is 1.63. The Hall–Kier alpha value is -1.57. The molecule has 0 N–H and O–H groups in total. The van der Waals surface area contributed by atoms with Gasteiger partial charge >= 0.3 is 0 Å². The van der Waals surface area contributed by atoms with Crippen LogP contribution in [0.3, 0.4) is 0 Å². The lowest BCUT2D eigenvalue weighted by atomic mass is 10.0. The second-order valence-electron chi connectivity index (χ2n) is 3.96. The molecule has 0 fully saturated rings. The quantitative estimate of drug-likeness (QED) is 0.743. The minimum Gasteiger partial charge on any atom is -0.494 e. The largest absolute Gasteiger partial charge is 0.494 e. The SMILES string of the molecule is COc1cccc2cc(C(C)C)cnc12. The summed E-state index contributed by atoms with van der Waals surface area (Å²) in [5.74, 6) is 1.34. The molecule has 0 radical (unpaired) electrons. The van der Waals surface area contributed by atoms with Gasteiger partial charge in [0.05, 0.1) is 7.11 Å². The molecule has 0 aliphatic carbocycles. The lowest BCUT2D eigenvalue weighted by Gasteiger charge is -2.08. The maximum atomic E-state index is 5.27. The third kappa shape index (κ3) is 1.80. The Labute approximate surface area is 89.9 Å². The van der Waals surface area contributed by atoms with Gasteiger partial charge < -0.3 is 4.74 Å². The van der Waals surface area contributed by atoms with Crippen molar-refractivity contribution in [3.63, 3.8) is 0 Å². The van der Waals surface area contributed by atoms with Gasteiger partial charge in [0.15, 0.2) is 0 Å². The summed E-state index contributed by atoms with van der Waals surface area (Å²) in [7, 11) is 1.67.